The largest absolute Gasteiger partial charge is 0.481 e. The Labute approximate surface area is 106 Å². The van der Waals surface area contributed by atoms with Crippen molar-refractivity contribution in [2.45, 2.75) is 12.3 Å². The van der Waals surface area contributed by atoms with E-state index in [9.17, 15) is 4.79 Å². The molecule has 0 bridgehead atoms. The van der Waals surface area contributed by atoms with Crippen LogP contribution in [0.1, 0.15) is 17.9 Å². The van der Waals surface area contributed by atoms with Gasteiger partial charge in [-0.05, 0) is 24.1 Å². The van der Waals surface area contributed by atoms with Crippen molar-refractivity contribution in [2.75, 3.05) is 5.33 Å². The summed E-state index contributed by atoms with van der Waals surface area (Å²) in [7, 11) is 0. The highest BCUT2D eigenvalue weighted by molar-refractivity contribution is 9.09. The van der Waals surface area contributed by atoms with E-state index in [0.717, 1.165) is 0 Å². The van der Waals surface area contributed by atoms with Crippen LogP contribution in [0.2, 0.25) is 10.0 Å². The molecule has 1 aromatic rings. The molecule has 0 amide bonds. The first-order chi connectivity index (χ1) is 7.06. The summed E-state index contributed by atoms with van der Waals surface area (Å²) in [5.41, 5.74) is 0.677. The van der Waals surface area contributed by atoms with Crippen molar-refractivity contribution >= 4 is 45.1 Å². The summed E-state index contributed by atoms with van der Waals surface area (Å²) in [6.07, 6.45) is 0.521. The Bertz CT molecular complexity index is 368. The number of hydrogen-bond donors (Lipinski definition) is 1. The lowest BCUT2D eigenvalue weighted by molar-refractivity contribution is -0.138. The van der Waals surface area contributed by atoms with E-state index in [0.29, 0.717) is 27.4 Å². The highest BCUT2D eigenvalue weighted by Gasteiger charge is 2.19. The number of alkyl halides is 1. The number of hydrogen-bond acceptors (Lipinski definition) is 1. The second-order valence-corrected chi connectivity index (χ2v) is 4.65. The molecule has 0 aliphatic heterocycles. The van der Waals surface area contributed by atoms with E-state index in [4.69, 9.17) is 28.3 Å². The fourth-order valence-corrected chi connectivity index (χ4v) is 2.04. The standard InChI is InChI=1S/C10H9BrCl2O2/c11-4-3-7(10(14)15)6-1-2-8(12)9(13)5-6/h1-2,5,7H,3-4H2,(H,14,15). The van der Waals surface area contributed by atoms with Crippen molar-refractivity contribution < 1.29 is 9.90 Å². The molecule has 82 valence electrons. The smallest absolute Gasteiger partial charge is 0.311 e. The summed E-state index contributed by atoms with van der Waals surface area (Å²) in [6, 6.07) is 4.91. The predicted octanol–water partition coefficient (Wildman–Crippen LogP) is 3.95. The third kappa shape index (κ3) is 3.37. The van der Waals surface area contributed by atoms with Crippen LogP contribution < -0.4 is 0 Å². The van der Waals surface area contributed by atoms with Gasteiger partial charge in [0.2, 0.25) is 0 Å². The molecule has 15 heavy (non-hydrogen) atoms. The van der Waals surface area contributed by atoms with Crippen LogP contribution >= 0.6 is 39.1 Å². The molecule has 0 aliphatic carbocycles. The topological polar surface area (TPSA) is 37.3 Å². The van der Waals surface area contributed by atoms with E-state index in [1.165, 1.54) is 0 Å². The molecule has 0 spiro atoms. The summed E-state index contributed by atoms with van der Waals surface area (Å²) >= 11 is 14.8. The molecule has 0 saturated heterocycles. The minimum absolute atomic E-state index is 0.384. The Hall–Kier alpha value is -0.250. The van der Waals surface area contributed by atoms with Crippen LogP contribution in [0.15, 0.2) is 18.2 Å². The summed E-state index contributed by atoms with van der Waals surface area (Å²) in [6.45, 7) is 0. The van der Waals surface area contributed by atoms with Crippen molar-refractivity contribution in [2.24, 2.45) is 0 Å². The van der Waals surface area contributed by atoms with Gasteiger partial charge in [-0.3, -0.25) is 4.79 Å². The highest BCUT2D eigenvalue weighted by atomic mass is 79.9. The van der Waals surface area contributed by atoms with Crippen LogP contribution in [0.5, 0.6) is 0 Å². The van der Waals surface area contributed by atoms with E-state index in [-0.39, 0.29) is 0 Å². The zero-order valence-electron chi connectivity index (χ0n) is 7.71. The SMILES string of the molecule is O=C(O)C(CCBr)c1ccc(Cl)c(Cl)c1. The molecule has 0 heterocycles. The lowest BCUT2D eigenvalue weighted by Gasteiger charge is -2.11. The molecule has 1 rings (SSSR count). The van der Waals surface area contributed by atoms with Crippen molar-refractivity contribution in [3.63, 3.8) is 0 Å². The average molecular weight is 312 g/mol. The highest BCUT2D eigenvalue weighted by Crippen LogP contribution is 2.28. The summed E-state index contributed by atoms with van der Waals surface area (Å²) in [4.78, 5) is 11.0. The molecule has 1 unspecified atom stereocenters. The first-order valence-electron chi connectivity index (χ1n) is 4.30. The van der Waals surface area contributed by atoms with Crippen molar-refractivity contribution in [1.29, 1.82) is 0 Å². The van der Waals surface area contributed by atoms with Gasteiger partial charge in [-0.25, -0.2) is 0 Å². The molecule has 0 radical (unpaired) electrons. The third-order valence-corrected chi connectivity index (χ3v) is 3.24. The monoisotopic (exact) mass is 310 g/mol. The Morgan fingerprint density at radius 3 is 2.53 bits per heavy atom. The molecule has 0 fully saturated rings. The molecule has 2 nitrogen and oxygen atoms in total. The van der Waals surface area contributed by atoms with Crippen molar-refractivity contribution in [3.8, 4) is 0 Å². The molecular formula is C10H9BrCl2O2. The number of carbonyl (C=O) groups is 1. The molecule has 0 saturated carbocycles. The predicted molar refractivity (Wildman–Crippen MR) is 65.2 cm³/mol. The maximum absolute atomic E-state index is 11.0. The Morgan fingerprint density at radius 2 is 2.07 bits per heavy atom. The molecule has 0 aliphatic rings. The van der Waals surface area contributed by atoms with Gasteiger partial charge >= 0.3 is 5.97 Å². The van der Waals surface area contributed by atoms with E-state index in [1.54, 1.807) is 18.2 Å². The summed E-state index contributed by atoms with van der Waals surface area (Å²) in [5, 5.41) is 10.5. The zero-order chi connectivity index (χ0) is 11.4. The maximum atomic E-state index is 11.0. The molecule has 0 aromatic heterocycles. The van der Waals surface area contributed by atoms with Crippen LogP contribution in [-0.2, 0) is 4.79 Å². The number of aliphatic carboxylic acids is 1. The fraction of sp³-hybridized carbons (Fsp3) is 0.300. The minimum atomic E-state index is -0.854. The second kappa shape index (κ2) is 5.73. The number of carboxylic acids is 1. The molecule has 1 atom stereocenters. The van der Waals surface area contributed by atoms with Crippen LogP contribution in [0.4, 0.5) is 0 Å². The zero-order valence-corrected chi connectivity index (χ0v) is 10.8. The van der Waals surface area contributed by atoms with Crippen LogP contribution in [0.25, 0.3) is 0 Å². The molecule has 5 heteroatoms. The average Bonchev–Trinajstić information content (AvgIpc) is 2.18. The van der Waals surface area contributed by atoms with Gasteiger partial charge in [0.25, 0.3) is 0 Å². The number of halogens is 3. The maximum Gasteiger partial charge on any atom is 0.311 e. The first kappa shape index (κ1) is 12.8. The third-order valence-electron chi connectivity index (χ3n) is 2.04. The van der Waals surface area contributed by atoms with Crippen LogP contribution in [-0.4, -0.2) is 16.4 Å². The van der Waals surface area contributed by atoms with E-state index >= 15 is 0 Å². The van der Waals surface area contributed by atoms with Gasteiger partial charge in [-0.1, -0.05) is 45.2 Å². The lowest BCUT2D eigenvalue weighted by atomic mass is 9.97. The molecular weight excluding hydrogens is 303 g/mol. The number of carboxylic acid groups (broad SMARTS) is 1. The van der Waals surface area contributed by atoms with Gasteiger partial charge in [0.15, 0.2) is 0 Å². The normalized spacial score (nSPS) is 12.5. The van der Waals surface area contributed by atoms with Gasteiger partial charge < -0.3 is 5.11 Å². The minimum Gasteiger partial charge on any atom is -0.481 e. The van der Waals surface area contributed by atoms with Gasteiger partial charge in [-0.2, -0.15) is 0 Å². The van der Waals surface area contributed by atoms with E-state index < -0.39 is 11.9 Å². The number of rotatable bonds is 4. The van der Waals surface area contributed by atoms with E-state index in [1.807, 2.05) is 0 Å². The van der Waals surface area contributed by atoms with Crippen LogP contribution in [0.3, 0.4) is 0 Å². The van der Waals surface area contributed by atoms with Crippen molar-refractivity contribution in [1.82, 2.24) is 0 Å². The van der Waals surface area contributed by atoms with Gasteiger partial charge in [0, 0.05) is 5.33 Å². The summed E-state index contributed by atoms with van der Waals surface area (Å²) in [5.74, 6) is -1.40. The summed E-state index contributed by atoms with van der Waals surface area (Å²) < 4.78 is 0. The molecule has 1 aromatic carbocycles. The second-order valence-electron chi connectivity index (χ2n) is 3.04. The Kier molecular flexibility index (Phi) is 4.90. The van der Waals surface area contributed by atoms with Gasteiger partial charge in [-0.15, -0.1) is 0 Å². The molecule has 1 N–H and O–H groups in total. The quantitative estimate of drug-likeness (QED) is 0.855. The lowest BCUT2D eigenvalue weighted by Crippen LogP contribution is -2.12. The Balaban J connectivity index is 3.01. The van der Waals surface area contributed by atoms with Gasteiger partial charge in [0.1, 0.15) is 0 Å². The Morgan fingerprint density at radius 1 is 1.40 bits per heavy atom. The van der Waals surface area contributed by atoms with E-state index in [2.05, 4.69) is 15.9 Å². The van der Waals surface area contributed by atoms with Gasteiger partial charge in [0.05, 0.1) is 16.0 Å². The van der Waals surface area contributed by atoms with Crippen molar-refractivity contribution in [3.05, 3.63) is 33.8 Å². The first-order valence-corrected chi connectivity index (χ1v) is 6.17. The number of benzene rings is 1. The van der Waals surface area contributed by atoms with Crippen LogP contribution in [0, 0.1) is 0 Å². The fourth-order valence-electron chi connectivity index (χ4n) is 1.27.